The molecule has 0 N–H and O–H groups in total. The number of carbonyl (C=O) groups is 1. The van der Waals surface area contributed by atoms with Crippen LogP contribution in [0.5, 0.6) is 17.2 Å². The predicted octanol–water partition coefficient (Wildman–Crippen LogP) is 7.16. The van der Waals surface area contributed by atoms with Crippen LogP contribution in [0.3, 0.4) is 0 Å². The van der Waals surface area contributed by atoms with Crippen LogP contribution in [0.2, 0.25) is 38.8 Å². The minimum Gasteiger partial charge on any atom is -0.494 e. The maximum absolute atomic E-state index is 12.4. The fourth-order valence-corrected chi connectivity index (χ4v) is 11.4. The molecule has 0 amide bonds. The van der Waals surface area contributed by atoms with Gasteiger partial charge in [0, 0.05) is 0 Å². The third kappa shape index (κ3) is 10.6. The Morgan fingerprint density at radius 3 is 1.97 bits per heavy atom. The van der Waals surface area contributed by atoms with Crippen LogP contribution in [0, 0.1) is 5.92 Å². The van der Waals surface area contributed by atoms with Gasteiger partial charge in [-0.1, -0.05) is 20.3 Å². The monoisotopic (exact) mass is 488 g/mol. The average molecular weight is 489 g/mol. The Labute approximate surface area is 201 Å². The maximum atomic E-state index is 12.4. The Bertz CT molecular complexity index is 858. The van der Waals surface area contributed by atoms with E-state index in [0.717, 1.165) is 30.4 Å². The summed E-state index contributed by atoms with van der Waals surface area (Å²) < 4.78 is 23.4. The lowest BCUT2D eigenvalue weighted by molar-refractivity contribution is 0.0734. The van der Waals surface area contributed by atoms with Crippen molar-refractivity contribution in [1.82, 2.24) is 0 Å². The van der Waals surface area contributed by atoms with E-state index in [4.69, 9.17) is 18.3 Å². The molecule has 0 fully saturated rings. The van der Waals surface area contributed by atoms with Crippen molar-refractivity contribution >= 4 is 22.6 Å². The second-order valence-electron chi connectivity index (χ2n) is 10.1. The predicted molar refractivity (Wildman–Crippen MR) is 140 cm³/mol. The van der Waals surface area contributed by atoms with Crippen molar-refractivity contribution in [2.45, 2.75) is 65.5 Å². The summed E-state index contributed by atoms with van der Waals surface area (Å²) in [4.78, 5) is 12.4. The van der Waals surface area contributed by atoms with E-state index in [-0.39, 0.29) is 0 Å². The van der Waals surface area contributed by atoms with Gasteiger partial charge in [-0.15, -0.1) is 0 Å². The van der Waals surface area contributed by atoms with Crippen LogP contribution in [-0.2, 0) is 4.12 Å². The topological polar surface area (TPSA) is 54.0 Å². The van der Waals surface area contributed by atoms with E-state index >= 15 is 0 Å². The van der Waals surface area contributed by atoms with Crippen LogP contribution in [-0.4, -0.2) is 35.8 Å². The SMILES string of the molecule is CC[C@H](C)COc1ccc(OC(=O)c2ccc(OCCC[Si](C)(C)O[Si](C)(C)C)cc2)cc1. The molecule has 182 valence electrons. The van der Waals surface area contributed by atoms with Crippen LogP contribution in [0.4, 0.5) is 0 Å². The average Bonchev–Trinajstić information content (AvgIpc) is 2.74. The molecule has 0 bridgehead atoms. The minimum absolute atomic E-state index is 0.397. The molecule has 33 heavy (non-hydrogen) atoms. The Kier molecular flexibility index (Phi) is 10.2. The van der Waals surface area contributed by atoms with Gasteiger partial charge in [0.2, 0.25) is 0 Å². The zero-order chi connectivity index (χ0) is 24.5. The number of carbonyl (C=O) groups excluding carboxylic acids is 1. The third-order valence-corrected chi connectivity index (χ3v) is 11.3. The van der Waals surface area contributed by atoms with Crippen LogP contribution in [0.15, 0.2) is 48.5 Å². The molecule has 0 aliphatic carbocycles. The number of ether oxygens (including phenoxy) is 3. The lowest BCUT2D eigenvalue weighted by atomic mass is 10.1. The van der Waals surface area contributed by atoms with Gasteiger partial charge in [-0.2, -0.15) is 0 Å². The van der Waals surface area contributed by atoms with Crippen LogP contribution in [0.1, 0.15) is 37.0 Å². The second-order valence-corrected chi connectivity index (χ2v) is 19.2. The van der Waals surface area contributed by atoms with Crippen molar-refractivity contribution in [1.29, 1.82) is 0 Å². The molecule has 0 aromatic heterocycles. The fraction of sp³-hybridized carbons (Fsp3) is 0.500. The van der Waals surface area contributed by atoms with Crippen molar-refractivity contribution < 1.29 is 23.1 Å². The Morgan fingerprint density at radius 1 is 0.848 bits per heavy atom. The van der Waals surface area contributed by atoms with E-state index < -0.39 is 22.6 Å². The molecule has 0 unspecified atom stereocenters. The van der Waals surface area contributed by atoms with Crippen molar-refractivity contribution in [3.8, 4) is 17.2 Å². The van der Waals surface area contributed by atoms with E-state index in [1.807, 2.05) is 24.3 Å². The Morgan fingerprint density at radius 2 is 1.39 bits per heavy atom. The quantitative estimate of drug-likeness (QED) is 0.130. The van der Waals surface area contributed by atoms with Gasteiger partial charge in [-0.05, 0) is 99.6 Å². The van der Waals surface area contributed by atoms with Gasteiger partial charge in [0.1, 0.15) is 17.2 Å². The van der Waals surface area contributed by atoms with Gasteiger partial charge in [0.15, 0.2) is 16.6 Å². The molecule has 0 aliphatic heterocycles. The summed E-state index contributed by atoms with van der Waals surface area (Å²) in [5, 5.41) is 0. The van der Waals surface area contributed by atoms with Crippen molar-refractivity contribution in [2.24, 2.45) is 5.92 Å². The number of rotatable bonds is 13. The summed E-state index contributed by atoms with van der Waals surface area (Å²) in [6.07, 6.45) is 2.04. The fourth-order valence-electron chi connectivity index (χ4n) is 3.38. The minimum atomic E-state index is -1.64. The van der Waals surface area contributed by atoms with E-state index in [1.165, 1.54) is 0 Å². The number of esters is 1. The molecular formula is C26H40O5Si2. The Balaban J connectivity index is 1.78. The van der Waals surface area contributed by atoms with Crippen LogP contribution >= 0.6 is 0 Å². The highest BCUT2D eigenvalue weighted by Gasteiger charge is 2.28. The molecule has 0 radical (unpaired) electrons. The summed E-state index contributed by atoms with van der Waals surface area (Å²) in [5.41, 5.74) is 0.483. The van der Waals surface area contributed by atoms with Crippen molar-refractivity contribution in [3.63, 3.8) is 0 Å². The van der Waals surface area contributed by atoms with E-state index in [1.54, 1.807) is 24.3 Å². The molecule has 1 atom stereocenters. The highest BCUT2D eigenvalue weighted by molar-refractivity contribution is 6.84. The summed E-state index contributed by atoms with van der Waals surface area (Å²) in [6, 6.07) is 15.3. The number of hydrogen-bond acceptors (Lipinski definition) is 5. The lowest BCUT2D eigenvalue weighted by Gasteiger charge is -2.31. The van der Waals surface area contributed by atoms with Gasteiger partial charge in [-0.3, -0.25) is 0 Å². The first-order valence-corrected chi connectivity index (χ1v) is 18.4. The molecule has 2 rings (SSSR count). The number of benzene rings is 2. The van der Waals surface area contributed by atoms with Crippen LogP contribution < -0.4 is 14.2 Å². The molecule has 0 saturated heterocycles. The molecule has 2 aromatic carbocycles. The molecule has 0 heterocycles. The van der Waals surface area contributed by atoms with Gasteiger partial charge in [0.05, 0.1) is 18.8 Å². The van der Waals surface area contributed by atoms with E-state index in [0.29, 0.717) is 30.4 Å². The zero-order valence-corrected chi connectivity index (χ0v) is 23.3. The van der Waals surface area contributed by atoms with E-state index in [2.05, 4.69) is 46.6 Å². The molecule has 0 saturated carbocycles. The lowest BCUT2D eigenvalue weighted by Crippen LogP contribution is -2.42. The second kappa shape index (κ2) is 12.4. The largest absolute Gasteiger partial charge is 0.494 e. The first-order valence-electron chi connectivity index (χ1n) is 11.9. The molecule has 0 aliphatic rings. The van der Waals surface area contributed by atoms with E-state index in [9.17, 15) is 4.79 Å². The molecule has 2 aromatic rings. The molecular weight excluding hydrogens is 448 g/mol. The first kappa shape index (κ1) is 27.2. The highest BCUT2D eigenvalue weighted by Crippen LogP contribution is 2.22. The number of hydrogen-bond donors (Lipinski definition) is 0. The highest BCUT2D eigenvalue weighted by atomic mass is 28.4. The van der Waals surface area contributed by atoms with Gasteiger partial charge < -0.3 is 18.3 Å². The van der Waals surface area contributed by atoms with Gasteiger partial charge in [-0.25, -0.2) is 4.79 Å². The van der Waals surface area contributed by atoms with Gasteiger partial charge in [0.25, 0.3) is 0 Å². The Hall–Kier alpha value is -2.10. The normalized spacial score (nSPS) is 12.8. The maximum Gasteiger partial charge on any atom is 0.343 e. The standard InChI is InChI=1S/C26H40O5Si2/c1-8-21(2)20-29-24-14-16-25(17-15-24)30-26(27)22-10-12-23(13-11-22)28-18-9-19-33(6,7)31-32(3,4)5/h10-17,21H,8-9,18-20H2,1-7H3/t21-/m0/s1. The summed E-state index contributed by atoms with van der Waals surface area (Å²) >= 11 is 0. The summed E-state index contributed by atoms with van der Waals surface area (Å²) in [6.45, 7) is 16.9. The van der Waals surface area contributed by atoms with Crippen molar-refractivity contribution in [2.75, 3.05) is 13.2 Å². The zero-order valence-electron chi connectivity index (χ0n) is 21.3. The molecule has 0 spiro atoms. The van der Waals surface area contributed by atoms with Crippen molar-refractivity contribution in [3.05, 3.63) is 54.1 Å². The molecule has 5 nitrogen and oxygen atoms in total. The van der Waals surface area contributed by atoms with Gasteiger partial charge >= 0.3 is 5.97 Å². The summed E-state index contributed by atoms with van der Waals surface area (Å²) in [5.74, 6) is 2.12. The first-order chi connectivity index (χ1) is 15.5. The molecule has 7 heteroatoms. The summed E-state index contributed by atoms with van der Waals surface area (Å²) in [7, 11) is -3.14. The smallest absolute Gasteiger partial charge is 0.343 e. The van der Waals surface area contributed by atoms with Crippen LogP contribution in [0.25, 0.3) is 0 Å². The third-order valence-electron chi connectivity index (χ3n) is 5.13.